The van der Waals surface area contributed by atoms with Crippen LogP contribution in [0, 0.1) is 0 Å². The number of rotatable bonds is 4. The predicted molar refractivity (Wildman–Crippen MR) is 69.3 cm³/mol. The molecule has 0 aliphatic rings. The second-order valence-electron chi connectivity index (χ2n) is 3.46. The summed E-state index contributed by atoms with van der Waals surface area (Å²) in [6.07, 6.45) is 0. The van der Waals surface area contributed by atoms with Crippen LogP contribution in [0.25, 0.3) is 10.8 Å². The van der Waals surface area contributed by atoms with Gasteiger partial charge in [-0.1, -0.05) is 24.3 Å². The lowest BCUT2D eigenvalue weighted by Crippen LogP contribution is -2.16. The molecule has 0 saturated carbocycles. The standard InChI is InChI=1S/C12H16N4/c1-13-15-11-7-3-6-10-9(11)5-4-8-12(10)16-14-2/h3-8,13-16H,1-2H3. The molecule has 0 unspecified atom stereocenters. The lowest BCUT2D eigenvalue weighted by molar-refractivity contribution is 0.985. The van der Waals surface area contributed by atoms with Crippen molar-refractivity contribution in [1.29, 1.82) is 0 Å². The molecule has 0 aromatic heterocycles. The molecule has 0 radical (unpaired) electrons. The van der Waals surface area contributed by atoms with Crippen LogP contribution in [0.1, 0.15) is 0 Å². The second-order valence-corrected chi connectivity index (χ2v) is 3.46. The number of nitrogens with one attached hydrogen (secondary N) is 4. The van der Waals surface area contributed by atoms with Crippen molar-refractivity contribution in [3.63, 3.8) is 0 Å². The molecule has 0 saturated heterocycles. The monoisotopic (exact) mass is 216 g/mol. The molecule has 0 spiro atoms. The summed E-state index contributed by atoms with van der Waals surface area (Å²) >= 11 is 0. The molecule has 0 aliphatic heterocycles. The Morgan fingerprint density at radius 2 is 1.12 bits per heavy atom. The van der Waals surface area contributed by atoms with E-state index in [2.05, 4.69) is 33.8 Å². The normalized spacial score (nSPS) is 10.4. The third kappa shape index (κ3) is 1.93. The molecule has 0 amide bonds. The van der Waals surface area contributed by atoms with E-state index >= 15 is 0 Å². The quantitative estimate of drug-likeness (QED) is 0.590. The fourth-order valence-electron chi connectivity index (χ4n) is 1.80. The van der Waals surface area contributed by atoms with Crippen LogP contribution in [0.15, 0.2) is 36.4 Å². The smallest absolute Gasteiger partial charge is 0.0566 e. The highest BCUT2D eigenvalue weighted by Crippen LogP contribution is 2.28. The van der Waals surface area contributed by atoms with Gasteiger partial charge in [0.15, 0.2) is 0 Å². The van der Waals surface area contributed by atoms with E-state index in [1.54, 1.807) is 0 Å². The van der Waals surface area contributed by atoms with Crippen LogP contribution in [0.5, 0.6) is 0 Å². The lowest BCUT2D eigenvalue weighted by Gasteiger charge is -2.12. The lowest BCUT2D eigenvalue weighted by atomic mass is 10.1. The molecule has 4 heteroatoms. The van der Waals surface area contributed by atoms with Crippen LogP contribution in [0.3, 0.4) is 0 Å². The first-order valence-electron chi connectivity index (χ1n) is 5.24. The van der Waals surface area contributed by atoms with Crippen LogP contribution in [-0.4, -0.2) is 14.1 Å². The van der Waals surface area contributed by atoms with Gasteiger partial charge >= 0.3 is 0 Å². The Bertz CT molecular complexity index is 436. The number of hydrogen-bond acceptors (Lipinski definition) is 4. The van der Waals surface area contributed by atoms with Crippen LogP contribution in [0.2, 0.25) is 0 Å². The molecule has 0 atom stereocenters. The van der Waals surface area contributed by atoms with Crippen LogP contribution >= 0.6 is 0 Å². The molecule has 84 valence electrons. The van der Waals surface area contributed by atoms with Crippen LogP contribution in [-0.2, 0) is 0 Å². The minimum Gasteiger partial charge on any atom is -0.321 e. The highest BCUT2D eigenvalue weighted by Gasteiger charge is 2.03. The SMILES string of the molecule is CNNc1cccc2c(NNC)cccc12. The molecular formula is C12H16N4. The maximum atomic E-state index is 3.12. The fourth-order valence-corrected chi connectivity index (χ4v) is 1.80. The summed E-state index contributed by atoms with van der Waals surface area (Å²) in [4.78, 5) is 0. The summed E-state index contributed by atoms with van der Waals surface area (Å²) in [6, 6.07) is 12.3. The number of anilines is 2. The Morgan fingerprint density at radius 3 is 1.50 bits per heavy atom. The zero-order valence-corrected chi connectivity index (χ0v) is 9.46. The maximum Gasteiger partial charge on any atom is 0.0566 e. The van der Waals surface area contributed by atoms with Crippen molar-refractivity contribution in [2.75, 3.05) is 24.9 Å². The topological polar surface area (TPSA) is 48.1 Å². The average Bonchev–Trinajstić information content (AvgIpc) is 2.31. The summed E-state index contributed by atoms with van der Waals surface area (Å²) < 4.78 is 0. The van der Waals surface area contributed by atoms with Crippen molar-refractivity contribution < 1.29 is 0 Å². The molecule has 0 fully saturated rings. The van der Waals surface area contributed by atoms with Gasteiger partial charge in [-0.05, 0) is 12.1 Å². The minimum absolute atomic E-state index is 1.07. The summed E-state index contributed by atoms with van der Waals surface area (Å²) in [5.74, 6) is 0. The summed E-state index contributed by atoms with van der Waals surface area (Å²) in [5.41, 5.74) is 14.3. The summed E-state index contributed by atoms with van der Waals surface area (Å²) in [7, 11) is 3.71. The van der Waals surface area contributed by atoms with Crippen molar-refractivity contribution in [2.24, 2.45) is 0 Å². The largest absolute Gasteiger partial charge is 0.321 e. The fraction of sp³-hybridized carbons (Fsp3) is 0.167. The van der Waals surface area contributed by atoms with Crippen LogP contribution < -0.4 is 21.7 Å². The van der Waals surface area contributed by atoms with Gasteiger partial charge in [0.25, 0.3) is 0 Å². The van der Waals surface area contributed by atoms with E-state index in [4.69, 9.17) is 0 Å². The van der Waals surface area contributed by atoms with Gasteiger partial charge < -0.3 is 10.9 Å². The van der Waals surface area contributed by atoms with Gasteiger partial charge in [0.05, 0.1) is 11.4 Å². The van der Waals surface area contributed by atoms with E-state index in [1.807, 2.05) is 38.4 Å². The number of fused-ring (bicyclic) bond motifs is 1. The molecule has 0 aliphatic carbocycles. The second kappa shape index (κ2) is 4.83. The van der Waals surface area contributed by atoms with E-state index in [1.165, 1.54) is 10.8 Å². The third-order valence-electron chi connectivity index (χ3n) is 2.44. The summed E-state index contributed by atoms with van der Waals surface area (Å²) in [5, 5.41) is 2.36. The Kier molecular flexibility index (Phi) is 3.24. The van der Waals surface area contributed by atoms with E-state index in [-0.39, 0.29) is 0 Å². The van der Waals surface area contributed by atoms with Crippen molar-refractivity contribution in [3.8, 4) is 0 Å². The van der Waals surface area contributed by atoms with Crippen molar-refractivity contribution >= 4 is 22.1 Å². The van der Waals surface area contributed by atoms with Crippen molar-refractivity contribution in [2.45, 2.75) is 0 Å². The molecule has 2 aromatic carbocycles. The van der Waals surface area contributed by atoms with E-state index in [0.717, 1.165) is 11.4 Å². The molecule has 0 heterocycles. The maximum absolute atomic E-state index is 3.12. The van der Waals surface area contributed by atoms with E-state index in [0.29, 0.717) is 0 Å². The third-order valence-corrected chi connectivity index (χ3v) is 2.44. The first kappa shape index (κ1) is 10.7. The molecule has 4 nitrogen and oxygen atoms in total. The highest BCUT2D eigenvalue weighted by atomic mass is 15.3. The van der Waals surface area contributed by atoms with Gasteiger partial charge in [-0.2, -0.15) is 0 Å². The first-order valence-corrected chi connectivity index (χ1v) is 5.24. The van der Waals surface area contributed by atoms with Gasteiger partial charge in [-0.15, -0.1) is 0 Å². The molecule has 16 heavy (non-hydrogen) atoms. The highest BCUT2D eigenvalue weighted by molar-refractivity contribution is 6.01. The molecule has 2 rings (SSSR count). The average molecular weight is 216 g/mol. The predicted octanol–water partition coefficient (Wildman–Crippen LogP) is 1.93. The van der Waals surface area contributed by atoms with Crippen LogP contribution in [0.4, 0.5) is 11.4 Å². The number of hydrazine groups is 2. The van der Waals surface area contributed by atoms with Crippen molar-refractivity contribution in [1.82, 2.24) is 10.9 Å². The molecule has 2 aromatic rings. The molecule has 0 bridgehead atoms. The summed E-state index contributed by atoms with van der Waals surface area (Å²) in [6.45, 7) is 0. The Hall–Kier alpha value is -1.78. The Labute approximate surface area is 95.0 Å². The molecular weight excluding hydrogens is 200 g/mol. The zero-order chi connectivity index (χ0) is 11.4. The van der Waals surface area contributed by atoms with E-state index < -0.39 is 0 Å². The van der Waals surface area contributed by atoms with Gasteiger partial charge in [-0.25, -0.2) is 10.9 Å². The number of benzene rings is 2. The zero-order valence-electron chi connectivity index (χ0n) is 9.46. The minimum atomic E-state index is 1.07. The number of hydrogen-bond donors (Lipinski definition) is 4. The molecule has 4 N–H and O–H groups in total. The first-order chi connectivity index (χ1) is 7.86. The van der Waals surface area contributed by atoms with E-state index in [9.17, 15) is 0 Å². The van der Waals surface area contributed by atoms with Gasteiger partial charge in [0.1, 0.15) is 0 Å². The van der Waals surface area contributed by atoms with Gasteiger partial charge in [-0.3, -0.25) is 0 Å². The van der Waals surface area contributed by atoms with Gasteiger partial charge in [0, 0.05) is 24.9 Å². The Balaban J connectivity index is 2.57. The van der Waals surface area contributed by atoms with Crippen molar-refractivity contribution in [3.05, 3.63) is 36.4 Å². The van der Waals surface area contributed by atoms with Gasteiger partial charge in [0.2, 0.25) is 0 Å². The Morgan fingerprint density at radius 1 is 0.688 bits per heavy atom.